The number of rotatable bonds is 4. The molecule has 19 heavy (non-hydrogen) atoms. The van der Waals surface area contributed by atoms with E-state index in [0.29, 0.717) is 0 Å². The molecule has 0 saturated heterocycles. The van der Waals surface area contributed by atoms with Crippen molar-refractivity contribution in [1.82, 2.24) is 0 Å². The summed E-state index contributed by atoms with van der Waals surface area (Å²) in [6.07, 6.45) is -0.463. The Bertz CT molecular complexity index is 519. The van der Waals surface area contributed by atoms with Crippen molar-refractivity contribution in [2.45, 2.75) is 20.0 Å². The minimum atomic E-state index is -0.463. The van der Waals surface area contributed by atoms with Crippen LogP contribution < -0.4 is 4.90 Å². The molecule has 0 bridgehead atoms. The zero-order chi connectivity index (χ0) is 13.8. The van der Waals surface area contributed by atoms with E-state index in [-0.39, 0.29) is 5.82 Å². The Labute approximate surface area is 113 Å². The van der Waals surface area contributed by atoms with Crippen LogP contribution in [0.25, 0.3) is 0 Å². The van der Waals surface area contributed by atoms with Gasteiger partial charge in [-0.15, -0.1) is 0 Å². The lowest BCUT2D eigenvalue weighted by Crippen LogP contribution is -2.15. The third kappa shape index (κ3) is 3.12. The first-order valence-corrected chi connectivity index (χ1v) is 6.43. The first-order valence-electron chi connectivity index (χ1n) is 6.43. The Balaban J connectivity index is 2.28. The Hall–Kier alpha value is -1.87. The van der Waals surface area contributed by atoms with Gasteiger partial charge in [-0.25, -0.2) is 4.39 Å². The van der Waals surface area contributed by atoms with E-state index in [1.54, 1.807) is 19.1 Å². The highest BCUT2D eigenvalue weighted by molar-refractivity contribution is 5.63. The fourth-order valence-electron chi connectivity index (χ4n) is 2.07. The van der Waals surface area contributed by atoms with E-state index in [1.165, 1.54) is 12.1 Å². The number of hydrogen-bond acceptors (Lipinski definition) is 2. The molecule has 0 aliphatic heterocycles. The van der Waals surface area contributed by atoms with Crippen LogP contribution in [0.5, 0.6) is 0 Å². The molecule has 0 fully saturated rings. The standard InChI is InChI=1S/C16H18FNO/c1-3-18(16-10-6-14(17)7-11-16)15-8-4-13(5-9-15)12(2)19/h4-12,19H,3H2,1-2H3. The second kappa shape index (κ2) is 5.85. The highest BCUT2D eigenvalue weighted by atomic mass is 19.1. The van der Waals surface area contributed by atoms with E-state index in [1.807, 2.05) is 31.2 Å². The molecule has 2 aromatic carbocycles. The van der Waals surface area contributed by atoms with Crippen molar-refractivity contribution in [3.8, 4) is 0 Å². The highest BCUT2D eigenvalue weighted by Crippen LogP contribution is 2.26. The lowest BCUT2D eigenvalue weighted by molar-refractivity contribution is 0.199. The number of benzene rings is 2. The molecular formula is C16H18FNO. The Kier molecular flexibility index (Phi) is 4.17. The van der Waals surface area contributed by atoms with Crippen LogP contribution in [-0.4, -0.2) is 11.7 Å². The minimum Gasteiger partial charge on any atom is -0.389 e. The van der Waals surface area contributed by atoms with E-state index in [0.717, 1.165) is 23.5 Å². The third-order valence-electron chi connectivity index (χ3n) is 3.14. The van der Waals surface area contributed by atoms with Crippen LogP contribution in [0.3, 0.4) is 0 Å². The normalized spacial score (nSPS) is 12.2. The molecule has 1 unspecified atom stereocenters. The predicted molar refractivity (Wildman–Crippen MR) is 76.2 cm³/mol. The average Bonchev–Trinajstić information content (AvgIpc) is 2.42. The van der Waals surface area contributed by atoms with Crippen LogP contribution in [-0.2, 0) is 0 Å². The molecule has 0 aromatic heterocycles. The lowest BCUT2D eigenvalue weighted by Gasteiger charge is -2.23. The summed E-state index contributed by atoms with van der Waals surface area (Å²) in [4.78, 5) is 2.09. The Morgan fingerprint density at radius 1 is 1.00 bits per heavy atom. The van der Waals surface area contributed by atoms with Gasteiger partial charge in [-0.05, 0) is 55.8 Å². The van der Waals surface area contributed by atoms with Gasteiger partial charge in [0.1, 0.15) is 5.82 Å². The molecule has 0 spiro atoms. The van der Waals surface area contributed by atoms with Crippen molar-refractivity contribution in [3.63, 3.8) is 0 Å². The summed E-state index contributed by atoms with van der Waals surface area (Å²) in [5, 5.41) is 9.50. The molecular weight excluding hydrogens is 241 g/mol. The maximum Gasteiger partial charge on any atom is 0.123 e. The number of hydrogen-bond donors (Lipinski definition) is 1. The lowest BCUT2D eigenvalue weighted by atomic mass is 10.1. The molecule has 3 heteroatoms. The summed E-state index contributed by atoms with van der Waals surface area (Å²) in [5.74, 6) is -0.232. The molecule has 2 nitrogen and oxygen atoms in total. The number of aliphatic hydroxyl groups excluding tert-OH is 1. The number of nitrogens with zero attached hydrogens (tertiary/aromatic N) is 1. The van der Waals surface area contributed by atoms with Gasteiger partial charge >= 0.3 is 0 Å². The van der Waals surface area contributed by atoms with Crippen molar-refractivity contribution in [2.24, 2.45) is 0 Å². The summed E-state index contributed by atoms with van der Waals surface area (Å²) in [7, 11) is 0. The van der Waals surface area contributed by atoms with Gasteiger partial charge in [0.2, 0.25) is 0 Å². The fourth-order valence-corrected chi connectivity index (χ4v) is 2.07. The molecule has 2 rings (SSSR count). The van der Waals surface area contributed by atoms with Crippen molar-refractivity contribution in [2.75, 3.05) is 11.4 Å². The first kappa shape index (κ1) is 13.6. The third-order valence-corrected chi connectivity index (χ3v) is 3.14. The Morgan fingerprint density at radius 2 is 1.47 bits per heavy atom. The number of anilines is 2. The SMILES string of the molecule is CCN(c1ccc(F)cc1)c1ccc(C(C)O)cc1. The Morgan fingerprint density at radius 3 is 1.89 bits per heavy atom. The maximum absolute atomic E-state index is 13.0. The van der Waals surface area contributed by atoms with Gasteiger partial charge in [0.15, 0.2) is 0 Å². The maximum atomic E-state index is 13.0. The van der Waals surface area contributed by atoms with E-state index in [2.05, 4.69) is 4.90 Å². The zero-order valence-corrected chi connectivity index (χ0v) is 11.2. The average molecular weight is 259 g/mol. The zero-order valence-electron chi connectivity index (χ0n) is 11.2. The predicted octanol–water partition coefficient (Wildman–Crippen LogP) is 4.04. The van der Waals surface area contributed by atoms with Crippen LogP contribution in [0.4, 0.5) is 15.8 Å². The number of halogens is 1. The molecule has 0 heterocycles. The summed E-state index contributed by atoms with van der Waals surface area (Å²) < 4.78 is 13.0. The van der Waals surface area contributed by atoms with Crippen molar-refractivity contribution < 1.29 is 9.50 Å². The van der Waals surface area contributed by atoms with Gasteiger partial charge in [-0.3, -0.25) is 0 Å². The van der Waals surface area contributed by atoms with E-state index >= 15 is 0 Å². The quantitative estimate of drug-likeness (QED) is 0.895. The molecule has 1 atom stereocenters. The monoisotopic (exact) mass is 259 g/mol. The molecule has 0 aliphatic carbocycles. The molecule has 1 N–H and O–H groups in total. The van der Waals surface area contributed by atoms with E-state index in [9.17, 15) is 9.50 Å². The van der Waals surface area contributed by atoms with Crippen LogP contribution in [0, 0.1) is 5.82 Å². The van der Waals surface area contributed by atoms with Crippen molar-refractivity contribution in [1.29, 1.82) is 0 Å². The fraction of sp³-hybridized carbons (Fsp3) is 0.250. The van der Waals surface area contributed by atoms with Crippen LogP contribution in [0.2, 0.25) is 0 Å². The van der Waals surface area contributed by atoms with Crippen LogP contribution in [0.1, 0.15) is 25.5 Å². The van der Waals surface area contributed by atoms with Gasteiger partial charge in [0.25, 0.3) is 0 Å². The smallest absolute Gasteiger partial charge is 0.123 e. The summed E-state index contributed by atoms with van der Waals surface area (Å²) in [6, 6.07) is 14.2. The molecule has 0 aliphatic rings. The van der Waals surface area contributed by atoms with E-state index in [4.69, 9.17) is 0 Å². The minimum absolute atomic E-state index is 0.232. The van der Waals surface area contributed by atoms with Crippen molar-refractivity contribution >= 4 is 11.4 Å². The van der Waals surface area contributed by atoms with Crippen molar-refractivity contribution in [3.05, 3.63) is 59.9 Å². The number of aliphatic hydroxyl groups is 1. The topological polar surface area (TPSA) is 23.5 Å². The largest absolute Gasteiger partial charge is 0.389 e. The molecule has 100 valence electrons. The van der Waals surface area contributed by atoms with Crippen LogP contribution in [0.15, 0.2) is 48.5 Å². The van der Waals surface area contributed by atoms with Gasteiger partial charge < -0.3 is 10.0 Å². The second-order valence-electron chi connectivity index (χ2n) is 4.49. The van der Waals surface area contributed by atoms with Gasteiger partial charge in [0, 0.05) is 17.9 Å². The summed E-state index contributed by atoms with van der Waals surface area (Å²) in [5.41, 5.74) is 2.87. The van der Waals surface area contributed by atoms with Gasteiger partial charge in [-0.1, -0.05) is 12.1 Å². The first-order chi connectivity index (χ1) is 9.11. The van der Waals surface area contributed by atoms with Gasteiger partial charge in [-0.2, -0.15) is 0 Å². The second-order valence-corrected chi connectivity index (χ2v) is 4.49. The summed E-state index contributed by atoms with van der Waals surface area (Å²) in [6.45, 7) is 4.58. The molecule has 0 saturated carbocycles. The molecule has 2 aromatic rings. The highest BCUT2D eigenvalue weighted by Gasteiger charge is 2.08. The summed E-state index contributed by atoms with van der Waals surface area (Å²) >= 11 is 0. The van der Waals surface area contributed by atoms with Gasteiger partial charge in [0.05, 0.1) is 6.10 Å². The molecule has 0 amide bonds. The van der Waals surface area contributed by atoms with E-state index < -0.39 is 6.10 Å². The van der Waals surface area contributed by atoms with Crippen LogP contribution >= 0.6 is 0 Å². The molecule has 0 radical (unpaired) electrons.